The molecule has 0 aliphatic carbocycles. The Balaban J connectivity index is 3.52. The van der Waals surface area contributed by atoms with Crippen LogP contribution in [-0.4, -0.2) is 17.9 Å². The average Bonchev–Trinajstić information content (AvgIpc) is 2.26. The molecule has 0 radical (unpaired) electrons. The first kappa shape index (κ1) is 13.7. The molecule has 0 amide bonds. The Labute approximate surface area is 100 Å². The first-order valence-electron chi connectivity index (χ1n) is 4.57. The molecular formula is C11H8ClF3O2. The zero-order valence-corrected chi connectivity index (χ0v) is 9.52. The monoisotopic (exact) mass is 264 g/mol. The summed E-state index contributed by atoms with van der Waals surface area (Å²) in [7, 11) is 0. The molecule has 6 heteroatoms. The van der Waals surface area contributed by atoms with Crippen LogP contribution in [0.1, 0.15) is 31.8 Å². The summed E-state index contributed by atoms with van der Waals surface area (Å²) in [5.74, 6) is -1.42. The summed E-state index contributed by atoms with van der Waals surface area (Å²) >= 11 is 5.24. The smallest absolute Gasteiger partial charge is 0.298 e. The third-order valence-corrected chi connectivity index (χ3v) is 2.50. The van der Waals surface area contributed by atoms with E-state index in [0.717, 1.165) is 12.1 Å². The summed E-state index contributed by atoms with van der Waals surface area (Å²) in [6.45, 7) is 1.37. The number of aryl methyl sites for hydroxylation is 1. The molecule has 0 N–H and O–H groups in total. The average molecular weight is 265 g/mol. The maximum absolute atomic E-state index is 12.7. The highest BCUT2D eigenvalue weighted by Gasteiger charge is 2.35. The topological polar surface area (TPSA) is 34.1 Å². The van der Waals surface area contributed by atoms with Crippen molar-refractivity contribution in [3.05, 3.63) is 34.4 Å². The van der Waals surface area contributed by atoms with E-state index in [-0.39, 0.29) is 11.1 Å². The predicted octanol–water partition coefficient (Wildman–Crippen LogP) is 3.25. The van der Waals surface area contributed by atoms with Gasteiger partial charge in [0.05, 0.1) is 11.4 Å². The molecule has 17 heavy (non-hydrogen) atoms. The first-order valence-corrected chi connectivity index (χ1v) is 5.11. The number of benzene rings is 1. The molecule has 0 aliphatic heterocycles. The second-order valence-corrected chi connectivity index (χ2v) is 3.69. The summed E-state index contributed by atoms with van der Waals surface area (Å²) in [5.41, 5.74) is -1.42. The van der Waals surface area contributed by atoms with E-state index >= 15 is 0 Å². The normalized spacial score (nSPS) is 11.4. The number of hydrogen-bond acceptors (Lipinski definition) is 2. The van der Waals surface area contributed by atoms with Crippen molar-refractivity contribution in [2.75, 3.05) is 5.88 Å². The van der Waals surface area contributed by atoms with E-state index in [0.29, 0.717) is 6.29 Å². The number of halogens is 4. The molecule has 0 saturated carbocycles. The number of ketones is 1. The number of alkyl halides is 4. The highest BCUT2D eigenvalue weighted by molar-refractivity contribution is 6.30. The van der Waals surface area contributed by atoms with Crippen molar-refractivity contribution < 1.29 is 22.8 Å². The highest BCUT2D eigenvalue weighted by atomic mass is 35.5. The second kappa shape index (κ2) is 4.87. The van der Waals surface area contributed by atoms with E-state index in [4.69, 9.17) is 11.6 Å². The van der Waals surface area contributed by atoms with E-state index < -0.39 is 29.0 Å². The lowest BCUT2D eigenvalue weighted by Gasteiger charge is -2.13. The number of carbonyl (C=O) groups excluding carboxylic acids is 2. The molecule has 0 spiro atoms. The van der Waals surface area contributed by atoms with Gasteiger partial charge in [-0.15, -0.1) is 11.6 Å². The van der Waals surface area contributed by atoms with Crippen LogP contribution in [-0.2, 0) is 6.18 Å². The summed E-state index contributed by atoms with van der Waals surface area (Å²) in [6, 6.07) is 1.71. The molecule has 1 aromatic carbocycles. The first-order chi connectivity index (χ1) is 7.81. The minimum atomic E-state index is -4.65. The summed E-state index contributed by atoms with van der Waals surface area (Å²) < 4.78 is 38.0. The molecule has 92 valence electrons. The largest absolute Gasteiger partial charge is 0.417 e. The Hall–Kier alpha value is -1.36. The molecule has 0 aliphatic rings. The van der Waals surface area contributed by atoms with E-state index in [1.54, 1.807) is 0 Å². The Morgan fingerprint density at radius 1 is 1.41 bits per heavy atom. The number of carbonyl (C=O) groups is 2. The van der Waals surface area contributed by atoms with Crippen molar-refractivity contribution in [3.63, 3.8) is 0 Å². The van der Waals surface area contributed by atoms with Crippen LogP contribution in [0, 0.1) is 6.92 Å². The van der Waals surface area contributed by atoms with Crippen LogP contribution < -0.4 is 0 Å². The fourth-order valence-electron chi connectivity index (χ4n) is 1.39. The van der Waals surface area contributed by atoms with Crippen LogP contribution in [0.4, 0.5) is 13.2 Å². The van der Waals surface area contributed by atoms with E-state index in [2.05, 4.69) is 0 Å². The lowest BCUT2D eigenvalue weighted by atomic mass is 9.97. The molecule has 0 heterocycles. The predicted molar refractivity (Wildman–Crippen MR) is 56.6 cm³/mol. The Morgan fingerprint density at radius 3 is 2.41 bits per heavy atom. The zero-order chi connectivity index (χ0) is 13.2. The van der Waals surface area contributed by atoms with Crippen LogP contribution in [0.5, 0.6) is 0 Å². The standard InChI is InChI=1S/C11H8ClF3O2/c1-6-2-9(11(13,14)15)8(10(17)4-12)3-7(6)5-16/h2-3,5H,4H2,1H3. The molecule has 1 rings (SSSR count). The van der Waals surface area contributed by atoms with Gasteiger partial charge in [0.25, 0.3) is 0 Å². The molecule has 0 unspecified atom stereocenters. The molecule has 0 fully saturated rings. The van der Waals surface area contributed by atoms with Crippen molar-refractivity contribution in [1.29, 1.82) is 0 Å². The number of rotatable bonds is 3. The van der Waals surface area contributed by atoms with E-state index in [1.807, 2.05) is 0 Å². The van der Waals surface area contributed by atoms with Gasteiger partial charge in [0.2, 0.25) is 0 Å². The molecule has 0 aromatic heterocycles. The Kier molecular flexibility index (Phi) is 3.93. The molecule has 2 nitrogen and oxygen atoms in total. The van der Waals surface area contributed by atoms with Gasteiger partial charge in [0, 0.05) is 11.1 Å². The van der Waals surface area contributed by atoms with Crippen LogP contribution in [0.25, 0.3) is 0 Å². The van der Waals surface area contributed by atoms with Gasteiger partial charge in [0.15, 0.2) is 5.78 Å². The van der Waals surface area contributed by atoms with Crippen molar-refractivity contribution in [3.8, 4) is 0 Å². The van der Waals surface area contributed by atoms with E-state index in [1.165, 1.54) is 6.92 Å². The molecule has 0 bridgehead atoms. The van der Waals surface area contributed by atoms with Crippen LogP contribution >= 0.6 is 11.6 Å². The summed E-state index contributed by atoms with van der Waals surface area (Å²) in [5, 5.41) is 0. The zero-order valence-electron chi connectivity index (χ0n) is 8.77. The fourth-order valence-corrected chi connectivity index (χ4v) is 1.53. The van der Waals surface area contributed by atoms with Gasteiger partial charge in [-0.2, -0.15) is 13.2 Å². The minimum Gasteiger partial charge on any atom is -0.298 e. The van der Waals surface area contributed by atoms with Gasteiger partial charge in [-0.1, -0.05) is 0 Å². The molecule has 0 atom stereocenters. The molecule has 1 aromatic rings. The van der Waals surface area contributed by atoms with Gasteiger partial charge in [-0.3, -0.25) is 9.59 Å². The van der Waals surface area contributed by atoms with Crippen LogP contribution in [0.3, 0.4) is 0 Å². The van der Waals surface area contributed by atoms with Gasteiger partial charge < -0.3 is 0 Å². The second-order valence-electron chi connectivity index (χ2n) is 3.43. The Bertz CT molecular complexity index is 467. The van der Waals surface area contributed by atoms with Crippen molar-refractivity contribution in [2.24, 2.45) is 0 Å². The van der Waals surface area contributed by atoms with Gasteiger partial charge >= 0.3 is 6.18 Å². The lowest BCUT2D eigenvalue weighted by molar-refractivity contribution is -0.137. The van der Waals surface area contributed by atoms with Gasteiger partial charge in [0.1, 0.15) is 6.29 Å². The number of Topliss-reactive ketones (excluding diaryl/α,β-unsaturated/α-hetero) is 1. The number of aldehydes is 1. The molecular weight excluding hydrogens is 257 g/mol. The maximum atomic E-state index is 12.7. The van der Waals surface area contributed by atoms with Gasteiger partial charge in [-0.05, 0) is 24.6 Å². The van der Waals surface area contributed by atoms with Crippen molar-refractivity contribution in [1.82, 2.24) is 0 Å². The summed E-state index contributed by atoms with van der Waals surface area (Å²) in [4.78, 5) is 21.9. The fraction of sp³-hybridized carbons (Fsp3) is 0.273. The van der Waals surface area contributed by atoms with Crippen molar-refractivity contribution >= 4 is 23.7 Å². The Morgan fingerprint density at radius 2 is 2.00 bits per heavy atom. The lowest BCUT2D eigenvalue weighted by Crippen LogP contribution is -2.15. The third kappa shape index (κ3) is 2.85. The molecule has 0 saturated heterocycles. The van der Waals surface area contributed by atoms with Crippen LogP contribution in [0.2, 0.25) is 0 Å². The summed E-state index contributed by atoms with van der Waals surface area (Å²) in [6.07, 6.45) is -4.25. The minimum absolute atomic E-state index is 0.0477. The quantitative estimate of drug-likeness (QED) is 0.477. The maximum Gasteiger partial charge on any atom is 0.417 e. The van der Waals surface area contributed by atoms with Crippen molar-refractivity contribution in [2.45, 2.75) is 13.1 Å². The van der Waals surface area contributed by atoms with E-state index in [9.17, 15) is 22.8 Å². The number of hydrogen-bond donors (Lipinski definition) is 0. The third-order valence-electron chi connectivity index (χ3n) is 2.26. The highest BCUT2D eigenvalue weighted by Crippen LogP contribution is 2.33. The SMILES string of the molecule is Cc1cc(C(F)(F)F)c(C(=O)CCl)cc1C=O. The van der Waals surface area contributed by atoms with Gasteiger partial charge in [-0.25, -0.2) is 0 Å². The van der Waals surface area contributed by atoms with Crippen LogP contribution in [0.15, 0.2) is 12.1 Å².